The number of aliphatic hydroxyl groups excluding tert-OH is 4. The zero-order valence-corrected chi connectivity index (χ0v) is 8.24. The Morgan fingerprint density at radius 2 is 1.93 bits per heavy atom. The van der Waals surface area contributed by atoms with Crippen LogP contribution >= 0.6 is 0 Å². The van der Waals surface area contributed by atoms with Gasteiger partial charge < -0.3 is 29.7 Å². The van der Waals surface area contributed by atoms with Gasteiger partial charge in [0.05, 0.1) is 18.0 Å². The first-order valence-electron chi connectivity index (χ1n) is 4.04. The first kappa shape index (κ1) is 12.9. The maximum atomic E-state index is 10.2. The van der Waals surface area contributed by atoms with E-state index in [1.54, 1.807) is 0 Å². The zero-order chi connectivity index (χ0) is 11.6. The van der Waals surface area contributed by atoms with Crippen molar-refractivity contribution in [1.82, 2.24) is 0 Å². The minimum Gasteiger partial charge on any atom is -0.750 e. The summed E-state index contributed by atoms with van der Waals surface area (Å²) in [7, 11) is 0. The lowest BCUT2D eigenvalue weighted by molar-refractivity contribution is -0.281. The molecule has 9 heteroatoms. The Bertz CT molecular complexity index is 233. The molecule has 1 heterocycles. The summed E-state index contributed by atoms with van der Waals surface area (Å²) in [4.78, 5) is 0. The van der Waals surface area contributed by atoms with Gasteiger partial charge in [-0.2, -0.15) is 0 Å². The quantitative estimate of drug-likeness (QED) is 0.376. The molecule has 0 aromatic carbocycles. The molecule has 6 atom stereocenters. The highest BCUT2D eigenvalue weighted by Crippen LogP contribution is 2.22. The van der Waals surface area contributed by atoms with E-state index in [1.807, 2.05) is 0 Å². The van der Waals surface area contributed by atoms with Crippen LogP contribution in [0, 0.1) is 0 Å². The molecule has 8 nitrogen and oxygen atoms in total. The summed E-state index contributed by atoms with van der Waals surface area (Å²) in [5, 5.41) is 36.3. The molecule has 15 heavy (non-hydrogen) atoms. The molecule has 0 aromatic rings. The van der Waals surface area contributed by atoms with Crippen LogP contribution in [0.2, 0.25) is 0 Å². The highest BCUT2D eigenvalue weighted by atomic mass is 32.2. The smallest absolute Gasteiger partial charge is 0.184 e. The monoisotopic (exact) mass is 243 g/mol. The van der Waals surface area contributed by atoms with Gasteiger partial charge in [0, 0.05) is 0 Å². The van der Waals surface area contributed by atoms with E-state index in [-0.39, 0.29) is 0 Å². The third kappa shape index (κ3) is 2.92. The van der Waals surface area contributed by atoms with Gasteiger partial charge in [0.15, 0.2) is 6.29 Å². The summed E-state index contributed by atoms with van der Waals surface area (Å²) in [5.41, 5.74) is 0. The molecule has 4 N–H and O–H groups in total. The average Bonchev–Trinajstić information content (AvgIpc) is 2.18. The fraction of sp³-hybridized carbons (Fsp3) is 1.00. The topological polar surface area (TPSA) is 140 Å². The Morgan fingerprint density at radius 1 is 1.33 bits per heavy atom. The Labute approximate surface area is 87.5 Å². The molecule has 0 aliphatic carbocycles. The van der Waals surface area contributed by atoms with Crippen LogP contribution in [0.5, 0.6) is 0 Å². The maximum absolute atomic E-state index is 10.2. The first-order chi connectivity index (χ1) is 6.97. The van der Waals surface area contributed by atoms with Crippen molar-refractivity contribution in [3.8, 4) is 0 Å². The second-order valence-electron chi connectivity index (χ2n) is 2.99. The third-order valence-electron chi connectivity index (χ3n) is 2.03. The van der Waals surface area contributed by atoms with E-state index >= 15 is 0 Å². The molecule has 1 saturated heterocycles. The highest BCUT2D eigenvalue weighted by Gasteiger charge is 2.44. The fourth-order valence-electron chi connectivity index (χ4n) is 1.28. The second kappa shape index (κ2) is 5.27. The van der Waals surface area contributed by atoms with Gasteiger partial charge in [-0.15, -0.1) is 0 Å². The molecule has 0 saturated carbocycles. The van der Waals surface area contributed by atoms with Gasteiger partial charge in [-0.05, 0) is 0 Å². The summed E-state index contributed by atoms with van der Waals surface area (Å²) in [5.74, 6) is 0. The Balaban J connectivity index is 2.75. The van der Waals surface area contributed by atoms with Crippen LogP contribution in [0.15, 0.2) is 0 Å². The lowest BCUT2D eigenvalue weighted by atomic mass is 9.99. The Hall–Kier alpha value is -0.130. The normalized spacial score (nSPS) is 43.9. The molecule has 1 fully saturated rings. The van der Waals surface area contributed by atoms with Crippen molar-refractivity contribution in [2.24, 2.45) is 0 Å². The average molecular weight is 243 g/mol. The Morgan fingerprint density at radius 3 is 2.40 bits per heavy atom. The van der Waals surface area contributed by atoms with E-state index in [9.17, 15) is 13.9 Å². The van der Waals surface area contributed by atoms with Gasteiger partial charge >= 0.3 is 0 Å². The Kier molecular flexibility index (Phi) is 4.55. The zero-order valence-electron chi connectivity index (χ0n) is 7.42. The SMILES string of the molecule is O=S([O-])O[C@H]1C(CO)OC(O)C(O)[C@@H]1O. The van der Waals surface area contributed by atoms with E-state index in [2.05, 4.69) is 8.92 Å². The van der Waals surface area contributed by atoms with E-state index < -0.39 is 48.7 Å². The molecule has 0 bridgehead atoms. The summed E-state index contributed by atoms with van der Waals surface area (Å²) in [6.45, 7) is -0.664. The van der Waals surface area contributed by atoms with Gasteiger partial charge in [0.2, 0.25) is 0 Å². The fourth-order valence-corrected chi connectivity index (χ4v) is 1.70. The summed E-state index contributed by atoms with van der Waals surface area (Å²) < 4.78 is 29.4. The number of hydrogen-bond acceptors (Lipinski definition) is 8. The standard InChI is InChI=1S/C6H12O8S/c7-1-2-5(14-15(11)12)3(8)4(9)6(10)13-2/h2-10H,1H2,(H,11,12)/p-1/t2?,3-,4?,5-,6?/m0/s1. The molecule has 0 amide bonds. The lowest BCUT2D eigenvalue weighted by Crippen LogP contribution is -2.59. The van der Waals surface area contributed by atoms with Crippen molar-refractivity contribution < 1.29 is 38.1 Å². The number of ether oxygens (including phenoxy) is 1. The van der Waals surface area contributed by atoms with Crippen molar-refractivity contribution in [2.45, 2.75) is 30.7 Å². The van der Waals surface area contributed by atoms with Crippen molar-refractivity contribution >= 4 is 11.4 Å². The van der Waals surface area contributed by atoms with Crippen molar-refractivity contribution in [1.29, 1.82) is 0 Å². The van der Waals surface area contributed by atoms with Gasteiger partial charge in [0.25, 0.3) is 0 Å². The molecule has 0 aromatic heterocycles. The van der Waals surface area contributed by atoms with E-state index in [4.69, 9.17) is 15.3 Å². The maximum Gasteiger partial charge on any atom is 0.184 e. The largest absolute Gasteiger partial charge is 0.750 e. The molecule has 0 spiro atoms. The molecule has 90 valence electrons. The van der Waals surface area contributed by atoms with E-state index in [1.165, 1.54) is 0 Å². The lowest BCUT2D eigenvalue weighted by Gasteiger charge is -2.39. The van der Waals surface area contributed by atoms with Gasteiger partial charge in [-0.3, -0.25) is 4.18 Å². The minimum absolute atomic E-state index is 0.664. The van der Waals surface area contributed by atoms with Crippen LogP contribution in [0.1, 0.15) is 0 Å². The predicted octanol–water partition coefficient (Wildman–Crippen LogP) is -3.40. The van der Waals surface area contributed by atoms with Crippen LogP contribution < -0.4 is 0 Å². The van der Waals surface area contributed by atoms with Crippen LogP contribution in [0.4, 0.5) is 0 Å². The molecule has 0 radical (unpaired) electrons. The van der Waals surface area contributed by atoms with Crippen LogP contribution in [-0.2, 0) is 20.3 Å². The van der Waals surface area contributed by atoms with E-state index in [0.717, 1.165) is 0 Å². The van der Waals surface area contributed by atoms with Crippen molar-refractivity contribution in [2.75, 3.05) is 6.61 Å². The van der Waals surface area contributed by atoms with Crippen LogP contribution in [-0.4, -0.2) is 66.5 Å². The van der Waals surface area contributed by atoms with Crippen LogP contribution in [0.25, 0.3) is 0 Å². The molecular formula is C6H11O8S-. The second-order valence-corrected chi connectivity index (χ2v) is 3.59. The molecule has 1 rings (SSSR count). The summed E-state index contributed by atoms with van der Waals surface area (Å²) in [6, 6.07) is 0. The minimum atomic E-state index is -2.93. The van der Waals surface area contributed by atoms with Crippen molar-refractivity contribution in [3.63, 3.8) is 0 Å². The van der Waals surface area contributed by atoms with Gasteiger partial charge in [-0.25, -0.2) is 4.21 Å². The van der Waals surface area contributed by atoms with Gasteiger partial charge in [0.1, 0.15) is 24.4 Å². The molecule has 1 aliphatic rings. The molecule has 4 unspecified atom stereocenters. The number of aliphatic hydroxyl groups is 4. The van der Waals surface area contributed by atoms with E-state index in [0.29, 0.717) is 0 Å². The van der Waals surface area contributed by atoms with Crippen LogP contribution in [0.3, 0.4) is 0 Å². The summed E-state index contributed by atoms with van der Waals surface area (Å²) in [6.07, 6.45) is -7.73. The molecular weight excluding hydrogens is 232 g/mol. The van der Waals surface area contributed by atoms with Gasteiger partial charge in [-0.1, -0.05) is 0 Å². The number of rotatable bonds is 3. The predicted molar refractivity (Wildman–Crippen MR) is 43.8 cm³/mol. The first-order valence-corrected chi connectivity index (χ1v) is 5.04. The summed E-state index contributed by atoms with van der Waals surface area (Å²) >= 11 is -2.93. The van der Waals surface area contributed by atoms with Crippen molar-refractivity contribution in [3.05, 3.63) is 0 Å². The highest BCUT2D eigenvalue weighted by molar-refractivity contribution is 7.74. The molecule has 1 aliphatic heterocycles. The number of hydrogen-bond donors (Lipinski definition) is 4. The third-order valence-corrected chi connectivity index (χ3v) is 2.41.